The van der Waals surface area contributed by atoms with Crippen molar-refractivity contribution in [2.24, 2.45) is 0 Å². The molecule has 3 rings (SSSR count). The highest BCUT2D eigenvalue weighted by molar-refractivity contribution is 5.65. The molecule has 0 unspecified atom stereocenters. The molecule has 0 fully saturated rings. The van der Waals surface area contributed by atoms with Gasteiger partial charge in [-0.15, -0.1) is 0 Å². The molecule has 0 saturated carbocycles. The Morgan fingerprint density at radius 1 is 1.11 bits per heavy atom. The number of hydrogen-bond donors (Lipinski definition) is 1. The van der Waals surface area contributed by atoms with Gasteiger partial charge in [-0.3, -0.25) is 14.3 Å². The van der Waals surface area contributed by atoms with Crippen molar-refractivity contribution in [3.8, 4) is 11.1 Å². The fourth-order valence-corrected chi connectivity index (χ4v) is 2.69. The summed E-state index contributed by atoms with van der Waals surface area (Å²) >= 11 is 0. The SMILES string of the molecule is Cc1ccc(-c2c3n(c(=O)[nH]c2=O)CCCC3)cc1. The predicted molar refractivity (Wildman–Crippen MR) is 74.4 cm³/mol. The van der Waals surface area contributed by atoms with Crippen LogP contribution in [0.25, 0.3) is 11.1 Å². The molecule has 4 heteroatoms. The number of nitrogens with zero attached hydrogens (tertiary/aromatic N) is 1. The molecule has 0 radical (unpaired) electrons. The lowest BCUT2D eigenvalue weighted by molar-refractivity contribution is 0.503. The Hall–Kier alpha value is -2.10. The van der Waals surface area contributed by atoms with E-state index in [9.17, 15) is 9.59 Å². The summed E-state index contributed by atoms with van der Waals surface area (Å²) in [7, 11) is 0. The number of aromatic amines is 1. The Morgan fingerprint density at radius 2 is 1.84 bits per heavy atom. The Labute approximate surface area is 110 Å². The van der Waals surface area contributed by atoms with E-state index in [-0.39, 0.29) is 11.2 Å². The minimum Gasteiger partial charge on any atom is -0.297 e. The van der Waals surface area contributed by atoms with Crippen LogP contribution in [0, 0.1) is 6.92 Å². The van der Waals surface area contributed by atoms with Crippen molar-refractivity contribution in [2.45, 2.75) is 32.7 Å². The zero-order valence-electron chi connectivity index (χ0n) is 10.9. The minimum absolute atomic E-state index is 0.276. The normalized spacial score (nSPS) is 14.2. The lowest BCUT2D eigenvalue weighted by atomic mass is 9.98. The predicted octanol–water partition coefficient (Wildman–Crippen LogP) is 1.85. The second kappa shape index (κ2) is 4.53. The maximum atomic E-state index is 12.1. The molecule has 4 nitrogen and oxygen atoms in total. The van der Waals surface area contributed by atoms with Crippen molar-refractivity contribution in [1.29, 1.82) is 0 Å². The number of hydrogen-bond acceptors (Lipinski definition) is 2. The third kappa shape index (κ3) is 2.03. The van der Waals surface area contributed by atoms with E-state index in [4.69, 9.17) is 0 Å². The fourth-order valence-electron chi connectivity index (χ4n) is 2.69. The highest BCUT2D eigenvalue weighted by atomic mass is 16.2. The number of H-pyrrole nitrogens is 1. The Balaban J connectivity index is 2.29. The monoisotopic (exact) mass is 256 g/mol. The molecule has 0 saturated heterocycles. The van der Waals surface area contributed by atoms with Crippen LogP contribution in [-0.4, -0.2) is 9.55 Å². The average Bonchev–Trinajstić information content (AvgIpc) is 2.41. The molecule has 0 atom stereocenters. The maximum Gasteiger partial charge on any atom is 0.328 e. The molecule has 1 aromatic carbocycles. The van der Waals surface area contributed by atoms with Gasteiger partial charge in [-0.05, 0) is 31.7 Å². The molecular formula is C15H16N2O2. The molecule has 98 valence electrons. The molecule has 2 aromatic rings. The highest BCUT2D eigenvalue weighted by Gasteiger charge is 2.18. The van der Waals surface area contributed by atoms with Gasteiger partial charge in [0.25, 0.3) is 5.56 Å². The molecule has 0 bridgehead atoms. The first-order chi connectivity index (χ1) is 9.16. The summed E-state index contributed by atoms with van der Waals surface area (Å²) in [5.74, 6) is 0. The van der Waals surface area contributed by atoms with Gasteiger partial charge in [0.2, 0.25) is 0 Å². The van der Waals surface area contributed by atoms with Crippen molar-refractivity contribution in [3.05, 3.63) is 56.4 Å². The van der Waals surface area contributed by atoms with Gasteiger partial charge in [-0.25, -0.2) is 4.79 Å². The van der Waals surface area contributed by atoms with Crippen LogP contribution in [0.2, 0.25) is 0 Å². The van der Waals surface area contributed by atoms with Gasteiger partial charge in [0.05, 0.1) is 5.56 Å². The molecule has 19 heavy (non-hydrogen) atoms. The average molecular weight is 256 g/mol. The molecular weight excluding hydrogens is 240 g/mol. The van der Waals surface area contributed by atoms with E-state index in [0.29, 0.717) is 12.1 Å². The van der Waals surface area contributed by atoms with Gasteiger partial charge in [-0.2, -0.15) is 0 Å². The van der Waals surface area contributed by atoms with Crippen LogP contribution in [0.1, 0.15) is 24.1 Å². The topological polar surface area (TPSA) is 54.9 Å². The van der Waals surface area contributed by atoms with Crippen molar-refractivity contribution in [1.82, 2.24) is 9.55 Å². The summed E-state index contributed by atoms with van der Waals surface area (Å²) in [6, 6.07) is 7.86. The summed E-state index contributed by atoms with van der Waals surface area (Å²) in [6.45, 7) is 2.71. The Morgan fingerprint density at radius 3 is 2.58 bits per heavy atom. The second-order valence-electron chi connectivity index (χ2n) is 5.06. The van der Waals surface area contributed by atoms with Gasteiger partial charge in [0.15, 0.2) is 0 Å². The molecule has 2 heterocycles. The van der Waals surface area contributed by atoms with E-state index in [1.807, 2.05) is 31.2 Å². The van der Waals surface area contributed by atoms with Crippen molar-refractivity contribution >= 4 is 0 Å². The first-order valence-electron chi connectivity index (χ1n) is 6.60. The molecule has 1 aliphatic heterocycles. The van der Waals surface area contributed by atoms with Crippen LogP contribution in [0.5, 0.6) is 0 Å². The van der Waals surface area contributed by atoms with Crippen LogP contribution in [0.3, 0.4) is 0 Å². The number of benzene rings is 1. The highest BCUT2D eigenvalue weighted by Crippen LogP contribution is 2.23. The minimum atomic E-state index is -0.282. The van der Waals surface area contributed by atoms with Gasteiger partial charge >= 0.3 is 5.69 Å². The summed E-state index contributed by atoms with van der Waals surface area (Å²) < 4.78 is 1.71. The van der Waals surface area contributed by atoms with Gasteiger partial charge in [0, 0.05) is 12.2 Å². The first kappa shape index (κ1) is 12.0. The fraction of sp³-hybridized carbons (Fsp3) is 0.333. The quantitative estimate of drug-likeness (QED) is 0.846. The molecule has 0 spiro atoms. The second-order valence-corrected chi connectivity index (χ2v) is 5.06. The maximum absolute atomic E-state index is 12.1. The number of aryl methyl sites for hydroxylation is 1. The third-order valence-corrected chi connectivity index (χ3v) is 3.69. The Bertz CT molecular complexity index is 723. The lowest BCUT2D eigenvalue weighted by Gasteiger charge is -2.20. The molecule has 1 aromatic heterocycles. The van der Waals surface area contributed by atoms with Crippen LogP contribution < -0.4 is 11.2 Å². The summed E-state index contributed by atoms with van der Waals surface area (Å²) in [5.41, 5.74) is 3.01. The summed E-state index contributed by atoms with van der Waals surface area (Å²) in [6.07, 6.45) is 2.82. The van der Waals surface area contributed by atoms with Gasteiger partial charge in [0.1, 0.15) is 0 Å². The van der Waals surface area contributed by atoms with E-state index in [2.05, 4.69) is 4.98 Å². The van der Waals surface area contributed by atoms with Crippen LogP contribution in [0.4, 0.5) is 0 Å². The van der Waals surface area contributed by atoms with E-state index < -0.39 is 0 Å². The van der Waals surface area contributed by atoms with Crippen LogP contribution in [0.15, 0.2) is 33.9 Å². The number of nitrogens with one attached hydrogen (secondary N) is 1. The standard InChI is InChI=1S/C15H16N2O2/c1-10-5-7-11(8-6-10)13-12-4-2-3-9-17(12)15(19)16-14(13)18/h5-8H,2-4,9H2,1H3,(H,16,18,19). The zero-order valence-corrected chi connectivity index (χ0v) is 10.9. The largest absolute Gasteiger partial charge is 0.328 e. The number of aromatic nitrogens is 2. The van der Waals surface area contributed by atoms with Gasteiger partial charge in [-0.1, -0.05) is 29.8 Å². The third-order valence-electron chi connectivity index (χ3n) is 3.69. The first-order valence-corrected chi connectivity index (χ1v) is 6.60. The van der Waals surface area contributed by atoms with Crippen molar-refractivity contribution in [3.63, 3.8) is 0 Å². The van der Waals surface area contributed by atoms with E-state index >= 15 is 0 Å². The molecule has 1 N–H and O–H groups in total. The van der Waals surface area contributed by atoms with Crippen LogP contribution in [-0.2, 0) is 13.0 Å². The zero-order chi connectivity index (χ0) is 13.4. The van der Waals surface area contributed by atoms with Crippen molar-refractivity contribution in [2.75, 3.05) is 0 Å². The molecule has 0 amide bonds. The van der Waals surface area contributed by atoms with Crippen molar-refractivity contribution < 1.29 is 0 Å². The Kier molecular flexibility index (Phi) is 2.85. The number of rotatable bonds is 1. The van der Waals surface area contributed by atoms with E-state index in [1.165, 1.54) is 0 Å². The summed E-state index contributed by atoms with van der Waals surface area (Å²) in [4.78, 5) is 26.4. The van der Waals surface area contributed by atoms with Crippen LogP contribution >= 0.6 is 0 Å². The lowest BCUT2D eigenvalue weighted by Crippen LogP contribution is -2.35. The van der Waals surface area contributed by atoms with Gasteiger partial charge < -0.3 is 0 Å². The van der Waals surface area contributed by atoms with E-state index in [1.54, 1.807) is 4.57 Å². The number of fused-ring (bicyclic) bond motifs is 1. The summed E-state index contributed by atoms with van der Waals surface area (Å²) in [5, 5.41) is 0. The smallest absolute Gasteiger partial charge is 0.297 e. The van der Waals surface area contributed by atoms with E-state index in [0.717, 1.165) is 36.1 Å². The molecule has 0 aliphatic carbocycles. The molecule has 1 aliphatic rings.